The number of carbonyl (C=O) groups is 1. The van der Waals surface area contributed by atoms with E-state index in [1.165, 1.54) is 0 Å². The molecule has 0 spiro atoms. The van der Waals surface area contributed by atoms with Crippen LogP contribution in [0.2, 0.25) is 0 Å². The van der Waals surface area contributed by atoms with Gasteiger partial charge in [0, 0.05) is 11.4 Å². The maximum Gasteiger partial charge on any atom is 0.253 e. The van der Waals surface area contributed by atoms with Gasteiger partial charge in [0.05, 0.1) is 31.2 Å². The summed E-state index contributed by atoms with van der Waals surface area (Å²) in [5.41, 5.74) is 3.40. The Morgan fingerprint density at radius 3 is 2.71 bits per heavy atom. The van der Waals surface area contributed by atoms with Gasteiger partial charge in [0.15, 0.2) is 0 Å². The highest BCUT2D eigenvalue weighted by molar-refractivity contribution is 5.95. The van der Waals surface area contributed by atoms with Crippen molar-refractivity contribution in [2.45, 2.75) is 20.4 Å². The van der Waals surface area contributed by atoms with Crippen molar-refractivity contribution in [1.82, 2.24) is 9.88 Å². The zero-order valence-corrected chi connectivity index (χ0v) is 14.0. The monoisotopic (exact) mass is 324 g/mol. The van der Waals surface area contributed by atoms with E-state index in [0.717, 1.165) is 28.6 Å². The number of furan rings is 1. The molecule has 5 heteroatoms. The maximum absolute atomic E-state index is 12.5. The summed E-state index contributed by atoms with van der Waals surface area (Å²) in [6, 6.07) is 13.3. The van der Waals surface area contributed by atoms with E-state index in [0.29, 0.717) is 12.1 Å². The fourth-order valence-corrected chi connectivity index (χ4v) is 2.85. The fraction of sp³-hybridized carbons (Fsp3) is 0.211. The molecule has 3 aromatic rings. The van der Waals surface area contributed by atoms with Gasteiger partial charge >= 0.3 is 0 Å². The number of ether oxygens (including phenoxy) is 1. The molecule has 0 aliphatic heterocycles. The summed E-state index contributed by atoms with van der Waals surface area (Å²) in [5.74, 6) is 1.37. The third kappa shape index (κ3) is 2.93. The molecule has 0 saturated carbocycles. The predicted octanol–water partition coefficient (Wildman–Crippen LogP) is 3.63. The Morgan fingerprint density at radius 2 is 2.00 bits per heavy atom. The van der Waals surface area contributed by atoms with Crippen molar-refractivity contribution in [3.8, 4) is 11.4 Å². The van der Waals surface area contributed by atoms with E-state index < -0.39 is 0 Å². The molecule has 0 atom stereocenters. The van der Waals surface area contributed by atoms with Crippen LogP contribution in [0.25, 0.3) is 5.69 Å². The predicted molar refractivity (Wildman–Crippen MR) is 91.7 cm³/mol. The van der Waals surface area contributed by atoms with Gasteiger partial charge in [-0.25, -0.2) is 0 Å². The van der Waals surface area contributed by atoms with Gasteiger partial charge in [-0.1, -0.05) is 12.1 Å². The first-order valence-electron chi connectivity index (χ1n) is 7.74. The quantitative estimate of drug-likeness (QED) is 0.780. The number of rotatable bonds is 5. The molecule has 24 heavy (non-hydrogen) atoms. The first-order chi connectivity index (χ1) is 11.6. The molecule has 1 amide bonds. The first kappa shape index (κ1) is 15.9. The summed E-state index contributed by atoms with van der Waals surface area (Å²) < 4.78 is 12.7. The van der Waals surface area contributed by atoms with Crippen LogP contribution in [-0.2, 0) is 6.54 Å². The molecular weight excluding hydrogens is 304 g/mol. The highest BCUT2D eigenvalue weighted by Crippen LogP contribution is 2.27. The van der Waals surface area contributed by atoms with Crippen molar-refractivity contribution in [2.75, 3.05) is 7.11 Å². The molecule has 2 aromatic heterocycles. The minimum absolute atomic E-state index is 0.124. The van der Waals surface area contributed by atoms with Crippen molar-refractivity contribution >= 4 is 5.91 Å². The minimum Gasteiger partial charge on any atom is -0.495 e. The van der Waals surface area contributed by atoms with E-state index >= 15 is 0 Å². The van der Waals surface area contributed by atoms with Crippen molar-refractivity contribution in [3.05, 3.63) is 71.4 Å². The van der Waals surface area contributed by atoms with Crippen LogP contribution in [0.3, 0.4) is 0 Å². The number of carbonyl (C=O) groups excluding carboxylic acids is 1. The van der Waals surface area contributed by atoms with Crippen molar-refractivity contribution in [1.29, 1.82) is 0 Å². The van der Waals surface area contributed by atoms with Gasteiger partial charge < -0.3 is 19.0 Å². The van der Waals surface area contributed by atoms with E-state index in [2.05, 4.69) is 5.32 Å². The number of amides is 1. The summed E-state index contributed by atoms with van der Waals surface area (Å²) in [6.07, 6.45) is 1.59. The Bertz CT molecular complexity index is 848. The standard InChI is InChI=1S/C19H20N2O3/c1-13-11-16(19(22)20-12-15-7-6-10-24-15)14(2)21(13)17-8-4-5-9-18(17)23-3/h4-11H,12H2,1-3H3,(H,20,22). The Kier molecular flexibility index (Phi) is 4.42. The van der Waals surface area contributed by atoms with Crippen LogP contribution in [0.4, 0.5) is 0 Å². The second kappa shape index (κ2) is 6.66. The summed E-state index contributed by atoms with van der Waals surface area (Å²) in [7, 11) is 1.64. The lowest BCUT2D eigenvalue weighted by Crippen LogP contribution is -2.23. The van der Waals surface area contributed by atoms with Crippen LogP contribution in [0.1, 0.15) is 27.5 Å². The van der Waals surface area contributed by atoms with E-state index in [9.17, 15) is 4.79 Å². The van der Waals surface area contributed by atoms with Crippen molar-refractivity contribution in [2.24, 2.45) is 0 Å². The lowest BCUT2D eigenvalue weighted by molar-refractivity contribution is 0.0947. The first-order valence-corrected chi connectivity index (χ1v) is 7.74. The van der Waals surface area contributed by atoms with E-state index in [1.807, 2.05) is 54.8 Å². The lowest BCUT2D eigenvalue weighted by atomic mass is 10.2. The number of hydrogen-bond donors (Lipinski definition) is 1. The summed E-state index contributed by atoms with van der Waals surface area (Å²) in [5, 5.41) is 2.89. The normalized spacial score (nSPS) is 10.6. The average Bonchev–Trinajstić information content (AvgIpc) is 3.21. The molecule has 0 aliphatic carbocycles. The number of benzene rings is 1. The van der Waals surface area contributed by atoms with Crippen LogP contribution in [0, 0.1) is 13.8 Å². The molecule has 0 fully saturated rings. The van der Waals surface area contributed by atoms with Gasteiger partial charge in [-0.2, -0.15) is 0 Å². The summed E-state index contributed by atoms with van der Waals surface area (Å²) >= 11 is 0. The maximum atomic E-state index is 12.5. The van der Waals surface area contributed by atoms with Gasteiger partial charge in [-0.15, -0.1) is 0 Å². The number of nitrogens with one attached hydrogen (secondary N) is 1. The second-order valence-corrected chi connectivity index (χ2v) is 5.55. The highest BCUT2D eigenvalue weighted by atomic mass is 16.5. The van der Waals surface area contributed by atoms with E-state index in [1.54, 1.807) is 19.4 Å². The fourth-order valence-electron chi connectivity index (χ4n) is 2.85. The Labute approximate surface area is 140 Å². The van der Waals surface area contributed by atoms with Gasteiger partial charge in [0.2, 0.25) is 0 Å². The molecule has 1 N–H and O–H groups in total. The number of para-hydroxylation sites is 2. The van der Waals surface area contributed by atoms with Gasteiger partial charge in [0.1, 0.15) is 11.5 Å². The third-order valence-corrected chi connectivity index (χ3v) is 4.01. The highest BCUT2D eigenvalue weighted by Gasteiger charge is 2.18. The number of aryl methyl sites for hydroxylation is 1. The Hall–Kier alpha value is -2.95. The summed E-state index contributed by atoms with van der Waals surface area (Å²) in [6.45, 7) is 4.27. The molecule has 5 nitrogen and oxygen atoms in total. The Morgan fingerprint density at radius 1 is 1.21 bits per heavy atom. The van der Waals surface area contributed by atoms with E-state index in [4.69, 9.17) is 9.15 Å². The molecule has 0 aliphatic rings. The second-order valence-electron chi connectivity index (χ2n) is 5.55. The SMILES string of the molecule is COc1ccccc1-n1c(C)cc(C(=O)NCc2ccco2)c1C. The average molecular weight is 324 g/mol. The number of hydrogen-bond acceptors (Lipinski definition) is 3. The zero-order chi connectivity index (χ0) is 17.1. The lowest BCUT2D eigenvalue weighted by Gasteiger charge is -2.13. The minimum atomic E-state index is -0.124. The summed E-state index contributed by atoms with van der Waals surface area (Å²) in [4.78, 5) is 12.5. The largest absolute Gasteiger partial charge is 0.495 e. The van der Waals surface area contributed by atoms with Crippen molar-refractivity contribution in [3.63, 3.8) is 0 Å². The van der Waals surface area contributed by atoms with Gasteiger partial charge in [-0.05, 0) is 44.2 Å². The molecule has 0 bridgehead atoms. The molecule has 0 unspecified atom stereocenters. The number of aromatic nitrogens is 1. The molecule has 1 aromatic carbocycles. The molecule has 124 valence electrons. The van der Waals surface area contributed by atoms with Crippen molar-refractivity contribution < 1.29 is 13.9 Å². The third-order valence-electron chi connectivity index (χ3n) is 4.01. The Balaban J connectivity index is 1.90. The smallest absolute Gasteiger partial charge is 0.253 e. The van der Waals surface area contributed by atoms with Crippen LogP contribution in [0.5, 0.6) is 5.75 Å². The molecule has 0 radical (unpaired) electrons. The van der Waals surface area contributed by atoms with Crippen LogP contribution in [-0.4, -0.2) is 17.6 Å². The number of methoxy groups -OCH3 is 1. The molecule has 0 saturated heterocycles. The molecule has 2 heterocycles. The van der Waals surface area contributed by atoms with Crippen LogP contribution < -0.4 is 10.1 Å². The molecule has 3 rings (SSSR count). The van der Waals surface area contributed by atoms with Crippen LogP contribution in [0.15, 0.2) is 53.1 Å². The molecular formula is C19H20N2O3. The van der Waals surface area contributed by atoms with Gasteiger partial charge in [0.25, 0.3) is 5.91 Å². The topological polar surface area (TPSA) is 56.4 Å². The van der Waals surface area contributed by atoms with Gasteiger partial charge in [-0.3, -0.25) is 4.79 Å². The van der Waals surface area contributed by atoms with E-state index in [-0.39, 0.29) is 5.91 Å². The number of nitrogens with zero attached hydrogens (tertiary/aromatic N) is 1. The van der Waals surface area contributed by atoms with Crippen LogP contribution >= 0.6 is 0 Å². The zero-order valence-electron chi connectivity index (χ0n) is 14.0.